The summed E-state index contributed by atoms with van der Waals surface area (Å²) < 4.78 is 5.37. The Hall–Kier alpha value is -1.28. The lowest BCUT2D eigenvalue weighted by atomic mass is 10.0. The van der Waals surface area contributed by atoms with Crippen molar-refractivity contribution in [2.24, 2.45) is 0 Å². The Morgan fingerprint density at radius 3 is 2.50 bits per heavy atom. The third-order valence-corrected chi connectivity index (χ3v) is 3.30. The van der Waals surface area contributed by atoms with Gasteiger partial charge in [-0.05, 0) is 36.0 Å². The molecule has 1 saturated carbocycles. The first-order valence-electron chi connectivity index (χ1n) is 5.95. The third-order valence-electron chi connectivity index (χ3n) is 3.30. The average molecular weight is 216 g/mol. The molecular formula is C14H16O2. The highest BCUT2D eigenvalue weighted by Gasteiger charge is 2.24. The van der Waals surface area contributed by atoms with E-state index in [4.69, 9.17) is 4.74 Å². The Morgan fingerprint density at radius 1 is 1.19 bits per heavy atom. The molecule has 1 heterocycles. The summed E-state index contributed by atoms with van der Waals surface area (Å²) in [4.78, 5) is 0. The maximum atomic E-state index is 10.1. The first-order chi connectivity index (χ1) is 7.84. The fourth-order valence-corrected chi connectivity index (χ4v) is 2.16. The minimum Gasteiger partial charge on any atom is -0.495 e. The van der Waals surface area contributed by atoms with Gasteiger partial charge in [0, 0.05) is 6.42 Å². The number of hydrogen-bond acceptors (Lipinski definition) is 2. The molecule has 0 bridgehead atoms. The van der Waals surface area contributed by atoms with Crippen molar-refractivity contribution in [3.63, 3.8) is 0 Å². The summed E-state index contributed by atoms with van der Waals surface area (Å²) in [5.41, 5.74) is 2.33. The van der Waals surface area contributed by atoms with E-state index < -0.39 is 6.10 Å². The molecule has 1 aromatic carbocycles. The highest BCUT2D eigenvalue weighted by atomic mass is 16.5. The van der Waals surface area contributed by atoms with E-state index in [0.29, 0.717) is 12.4 Å². The van der Waals surface area contributed by atoms with Crippen LogP contribution in [0.25, 0.3) is 0 Å². The minimum absolute atomic E-state index is 0.587. The largest absolute Gasteiger partial charge is 0.495 e. The SMILES string of the molecule is OC(C1=CCCO1)c1ccc(C2CC2)cc1. The molecule has 1 aliphatic carbocycles. The lowest BCUT2D eigenvalue weighted by molar-refractivity contribution is 0.119. The first kappa shape index (κ1) is 9.91. The quantitative estimate of drug-likeness (QED) is 0.841. The van der Waals surface area contributed by atoms with Crippen molar-refractivity contribution in [1.82, 2.24) is 0 Å². The molecule has 1 atom stereocenters. The van der Waals surface area contributed by atoms with Gasteiger partial charge >= 0.3 is 0 Å². The topological polar surface area (TPSA) is 29.5 Å². The monoisotopic (exact) mass is 216 g/mol. The predicted molar refractivity (Wildman–Crippen MR) is 62.0 cm³/mol. The van der Waals surface area contributed by atoms with Crippen LogP contribution in [0.5, 0.6) is 0 Å². The number of ether oxygens (including phenoxy) is 1. The standard InChI is InChI=1S/C14H16O2/c15-14(13-2-1-9-16-13)12-7-5-11(6-8-12)10-3-4-10/h2,5-8,10,14-15H,1,3-4,9H2. The second-order valence-electron chi connectivity index (χ2n) is 4.59. The van der Waals surface area contributed by atoms with Crippen molar-refractivity contribution < 1.29 is 9.84 Å². The van der Waals surface area contributed by atoms with Gasteiger partial charge in [0.05, 0.1) is 6.61 Å². The Bertz CT molecular complexity index is 401. The van der Waals surface area contributed by atoms with E-state index in [-0.39, 0.29) is 0 Å². The highest BCUT2D eigenvalue weighted by Crippen LogP contribution is 2.40. The maximum absolute atomic E-state index is 10.1. The lowest BCUT2D eigenvalue weighted by Crippen LogP contribution is -2.02. The van der Waals surface area contributed by atoms with Gasteiger partial charge in [-0.25, -0.2) is 0 Å². The van der Waals surface area contributed by atoms with Crippen LogP contribution < -0.4 is 0 Å². The molecule has 0 aromatic heterocycles. The average Bonchev–Trinajstić information content (AvgIpc) is 3.04. The number of aliphatic hydroxyl groups excluding tert-OH is 1. The molecule has 0 saturated heterocycles. The molecule has 1 N–H and O–H groups in total. The van der Waals surface area contributed by atoms with Gasteiger partial charge in [-0.3, -0.25) is 0 Å². The van der Waals surface area contributed by atoms with E-state index in [2.05, 4.69) is 12.1 Å². The Kier molecular flexibility index (Phi) is 2.44. The summed E-state index contributed by atoms with van der Waals surface area (Å²) in [5.74, 6) is 1.48. The summed E-state index contributed by atoms with van der Waals surface area (Å²) in [6.45, 7) is 0.701. The summed E-state index contributed by atoms with van der Waals surface area (Å²) in [7, 11) is 0. The summed E-state index contributed by atoms with van der Waals surface area (Å²) in [6.07, 6.45) is 4.92. The molecule has 2 heteroatoms. The van der Waals surface area contributed by atoms with Crippen LogP contribution in [0.15, 0.2) is 36.1 Å². The molecule has 16 heavy (non-hydrogen) atoms. The molecule has 0 spiro atoms. The molecule has 2 nitrogen and oxygen atoms in total. The van der Waals surface area contributed by atoms with E-state index in [1.54, 1.807) is 0 Å². The summed E-state index contributed by atoms with van der Waals surface area (Å²) >= 11 is 0. The second kappa shape index (κ2) is 3.95. The molecular weight excluding hydrogens is 200 g/mol. The molecule has 1 fully saturated rings. The van der Waals surface area contributed by atoms with Crippen LogP contribution in [0.4, 0.5) is 0 Å². The van der Waals surface area contributed by atoms with Gasteiger partial charge in [-0.15, -0.1) is 0 Å². The van der Waals surface area contributed by atoms with Gasteiger partial charge in [-0.2, -0.15) is 0 Å². The Morgan fingerprint density at radius 2 is 1.94 bits per heavy atom. The van der Waals surface area contributed by atoms with Crippen LogP contribution in [0.1, 0.15) is 42.4 Å². The molecule has 1 unspecified atom stereocenters. The van der Waals surface area contributed by atoms with E-state index in [1.807, 2.05) is 18.2 Å². The Labute approximate surface area is 95.6 Å². The predicted octanol–water partition coefficient (Wildman–Crippen LogP) is 2.90. The third kappa shape index (κ3) is 1.85. The summed E-state index contributed by atoms with van der Waals surface area (Å²) in [6, 6.07) is 8.29. The zero-order valence-corrected chi connectivity index (χ0v) is 9.23. The molecule has 2 aliphatic rings. The first-order valence-corrected chi connectivity index (χ1v) is 5.95. The molecule has 84 valence electrons. The van der Waals surface area contributed by atoms with Gasteiger partial charge in [0.15, 0.2) is 0 Å². The van der Waals surface area contributed by atoms with Crippen molar-refractivity contribution >= 4 is 0 Å². The van der Waals surface area contributed by atoms with Crippen molar-refractivity contribution in [1.29, 1.82) is 0 Å². The van der Waals surface area contributed by atoms with Crippen molar-refractivity contribution in [3.8, 4) is 0 Å². The van der Waals surface area contributed by atoms with Crippen LogP contribution in [0.2, 0.25) is 0 Å². The fourth-order valence-electron chi connectivity index (χ4n) is 2.16. The Balaban J connectivity index is 1.77. The molecule has 1 aliphatic heterocycles. The molecule has 3 rings (SSSR count). The van der Waals surface area contributed by atoms with Crippen LogP contribution in [-0.4, -0.2) is 11.7 Å². The van der Waals surface area contributed by atoms with E-state index >= 15 is 0 Å². The van der Waals surface area contributed by atoms with Gasteiger partial charge in [0.1, 0.15) is 11.9 Å². The van der Waals surface area contributed by atoms with Gasteiger partial charge in [0.25, 0.3) is 0 Å². The maximum Gasteiger partial charge on any atom is 0.136 e. The van der Waals surface area contributed by atoms with Gasteiger partial charge in [-0.1, -0.05) is 24.3 Å². The van der Waals surface area contributed by atoms with Crippen LogP contribution in [0, 0.1) is 0 Å². The normalized spacial score (nSPS) is 21.4. The zero-order valence-electron chi connectivity index (χ0n) is 9.23. The van der Waals surface area contributed by atoms with Gasteiger partial charge < -0.3 is 9.84 Å². The molecule has 0 radical (unpaired) electrons. The highest BCUT2D eigenvalue weighted by molar-refractivity contribution is 5.31. The number of benzene rings is 1. The van der Waals surface area contributed by atoms with Crippen LogP contribution in [0.3, 0.4) is 0 Å². The van der Waals surface area contributed by atoms with Crippen molar-refractivity contribution in [3.05, 3.63) is 47.2 Å². The summed E-state index contributed by atoms with van der Waals surface area (Å²) in [5, 5.41) is 10.1. The smallest absolute Gasteiger partial charge is 0.136 e. The van der Waals surface area contributed by atoms with Crippen molar-refractivity contribution in [2.45, 2.75) is 31.3 Å². The zero-order chi connectivity index (χ0) is 11.0. The van der Waals surface area contributed by atoms with E-state index in [1.165, 1.54) is 18.4 Å². The van der Waals surface area contributed by atoms with Crippen LogP contribution in [-0.2, 0) is 4.74 Å². The number of hydrogen-bond donors (Lipinski definition) is 1. The number of rotatable bonds is 3. The second-order valence-corrected chi connectivity index (χ2v) is 4.59. The van der Waals surface area contributed by atoms with Crippen LogP contribution >= 0.6 is 0 Å². The van der Waals surface area contributed by atoms with E-state index in [0.717, 1.165) is 17.9 Å². The fraction of sp³-hybridized carbons (Fsp3) is 0.429. The number of aliphatic hydroxyl groups is 1. The van der Waals surface area contributed by atoms with E-state index in [9.17, 15) is 5.11 Å². The lowest BCUT2D eigenvalue weighted by Gasteiger charge is -2.12. The molecule has 1 aromatic rings. The van der Waals surface area contributed by atoms with Gasteiger partial charge in [0.2, 0.25) is 0 Å². The molecule has 0 amide bonds. The minimum atomic E-state index is -0.587. The van der Waals surface area contributed by atoms with Crippen molar-refractivity contribution in [2.75, 3.05) is 6.61 Å².